The summed E-state index contributed by atoms with van der Waals surface area (Å²) in [6.45, 7) is 5.69. The molecule has 2 atom stereocenters. The zero-order chi connectivity index (χ0) is 18.4. The van der Waals surface area contributed by atoms with Crippen molar-refractivity contribution in [2.45, 2.75) is 44.5 Å². The predicted octanol–water partition coefficient (Wildman–Crippen LogP) is 5.44. The van der Waals surface area contributed by atoms with E-state index in [9.17, 15) is 0 Å². The van der Waals surface area contributed by atoms with E-state index in [4.69, 9.17) is 4.74 Å². The fourth-order valence-corrected chi connectivity index (χ4v) is 4.99. The number of methoxy groups -OCH3 is 1. The maximum Gasteiger partial charge on any atom is 0.118 e. The molecule has 3 nitrogen and oxygen atoms in total. The number of hydrogen-bond donors (Lipinski definition) is 1. The lowest BCUT2D eigenvalue weighted by Gasteiger charge is -2.31. The Bertz CT molecular complexity index is 660. The normalized spacial score (nSPS) is 20.5. The Kier molecular flexibility index (Phi) is 6.86. The van der Waals surface area contributed by atoms with E-state index in [0.717, 1.165) is 18.0 Å². The van der Waals surface area contributed by atoms with E-state index in [1.54, 1.807) is 7.11 Å². The Hall–Kier alpha value is -1.65. The van der Waals surface area contributed by atoms with Crippen molar-refractivity contribution in [2.75, 3.05) is 19.0 Å². The quantitative estimate of drug-likeness (QED) is 0.625. The fraction of sp³-hybridized carbons (Fsp3) is 0.455. The number of nitrogens with one attached hydrogen (secondary N) is 1. The summed E-state index contributed by atoms with van der Waals surface area (Å²) in [7, 11) is 1.71. The molecule has 0 saturated carbocycles. The van der Waals surface area contributed by atoms with E-state index < -0.39 is 0 Å². The van der Waals surface area contributed by atoms with Crippen LogP contribution in [0.15, 0.2) is 54.6 Å². The van der Waals surface area contributed by atoms with Crippen molar-refractivity contribution in [2.24, 2.45) is 5.92 Å². The average Bonchev–Trinajstić information content (AvgIpc) is 3.09. The molecule has 0 radical (unpaired) electrons. The molecule has 1 aliphatic rings. The van der Waals surface area contributed by atoms with E-state index >= 15 is 0 Å². The van der Waals surface area contributed by atoms with Gasteiger partial charge in [-0.2, -0.15) is 0 Å². The van der Waals surface area contributed by atoms with E-state index in [2.05, 4.69) is 65.9 Å². The molecule has 1 N–H and O–H groups in total. The lowest BCUT2D eigenvalue weighted by molar-refractivity contribution is 0.301. The van der Waals surface area contributed by atoms with Crippen LogP contribution in [0.4, 0.5) is 5.69 Å². The summed E-state index contributed by atoms with van der Waals surface area (Å²) >= 11 is 1.98. The van der Waals surface area contributed by atoms with Crippen LogP contribution in [-0.2, 0) is 5.75 Å². The van der Waals surface area contributed by atoms with Crippen molar-refractivity contribution >= 4 is 17.6 Å². The zero-order valence-electron chi connectivity index (χ0n) is 16.0. The van der Waals surface area contributed by atoms with Crippen LogP contribution in [0.2, 0.25) is 0 Å². The van der Waals surface area contributed by atoms with Gasteiger partial charge >= 0.3 is 0 Å². The summed E-state index contributed by atoms with van der Waals surface area (Å²) < 4.78 is 7.92. The molecule has 2 aromatic rings. The molecule has 4 heteroatoms. The summed E-state index contributed by atoms with van der Waals surface area (Å²) in [5.41, 5.74) is 2.56. The maximum absolute atomic E-state index is 5.26. The topological polar surface area (TPSA) is 24.5 Å². The first-order chi connectivity index (χ1) is 12.7. The summed E-state index contributed by atoms with van der Waals surface area (Å²) in [4.78, 5) is 0. The number of rotatable bonds is 8. The largest absolute Gasteiger partial charge is 0.497 e. The van der Waals surface area contributed by atoms with Crippen molar-refractivity contribution in [3.63, 3.8) is 0 Å². The summed E-state index contributed by atoms with van der Waals surface area (Å²) in [6, 6.07) is 20.2. The van der Waals surface area contributed by atoms with Gasteiger partial charge in [0.15, 0.2) is 0 Å². The van der Waals surface area contributed by atoms with Crippen LogP contribution in [0.25, 0.3) is 0 Å². The van der Waals surface area contributed by atoms with Crippen molar-refractivity contribution in [3.8, 4) is 5.75 Å². The van der Waals surface area contributed by atoms with Gasteiger partial charge in [0.25, 0.3) is 0 Å². The minimum Gasteiger partial charge on any atom is -0.497 e. The van der Waals surface area contributed by atoms with Crippen LogP contribution in [0, 0.1) is 5.92 Å². The molecule has 0 amide bonds. The molecule has 0 bridgehead atoms. The van der Waals surface area contributed by atoms with Crippen molar-refractivity contribution in [1.29, 1.82) is 0 Å². The molecule has 0 aromatic heterocycles. The van der Waals surface area contributed by atoms with Crippen LogP contribution in [0.5, 0.6) is 5.75 Å². The molecule has 2 aromatic carbocycles. The first kappa shape index (κ1) is 19.1. The molecule has 26 heavy (non-hydrogen) atoms. The van der Waals surface area contributed by atoms with Gasteiger partial charge in [-0.25, -0.2) is 4.31 Å². The van der Waals surface area contributed by atoms with Crippen LogP contribution in [0.1, 0.15) is 32.3 Å². The molecule has 0 spiro atoms. The van der Waals surface area contributed by atoms with Gasteiger partial charge in [0.2, 0.25) is 0 Å². The lowest BCUT2D eigenvalue weighted by atomic mass is 10.0. The highest BCUT2D eigenvalue weighted by Gasteiger charge is 2.35. The van der Waals surface area contributed by atoms with E-state index in [1.165, 1.54) is 24.1 Å². The molecule has 1 fully saturated rings. The maximum atomic E-state index is 5.26. The Morgan fingerprint density at radius 2 is 1.81 bits per heavy atom. The number of hydrogen-bond acceptors (Lipinski definition) is 4. The SMILES string of the molecule is COc1ccc(CSN2[C@H](CNc3ccccc3)CC[C@@H]2C(C)C)cc1. The third-order valence-corrected chi connectivity index (χ3v) is 6.44. The van der Waals surface area contributed by atoms with Gasteiger partial charge < -0.3 is 10.1 Å². The molecule has 0 aliphatic carbocycles. The van der Waals surface area contributed by atoms with Crippen molar-refractivity contribution in [3.05, 3.63) is 60.2 Å². The Balaban J connectivity index is 1.60. The van der Waals surface area contributed by atoms with Gasteiger partial charge in [0, 0.05) is 30.1 Å². The number of nitrogens with zero attached hydrogens (tertiary/aromatic N) is 1. The smallest absolute Gasteiger partial charge is 0.118 e. The summed E-state index contributed by atoms with van der Waals surface area (Å²) in [5.74, 6) is 2.61. The Labute approximate surface area is 162 Å². The number of para-hydroxylation sites is 1. The second kappa shape index (κ2) is 9.33. The van der Waals surface area contributed by atoms with Crippen LogP contribution < -0.4 is 10.1 Å². The number of benzene rings is 2. The first-order valence-electron chi connectivity index (χ1n) is 9.50. The summed E-state index contributed by atoms with van der Waals surface area (Å²) in [5, 5.41) is 3.62. The second-order valence-electron chi connectivity index (χ2n) is 7.27. The zero-order valence-corrected chi connectivity index (χ0v) is 16.8. The number of ether oxygens (including phenoxy) is 1. The highest BCUT2D eigenvalue weighted by molar-refractivity contribution is 7.96. The minimum atomic E-state index is 0.575. The van der Waals surface area contributed by atoms with Gasteiger partial charge in [0.05, 0.1) is 7.11 Å². The molecular formula is C22H30N2OS. The summed E-state index contributed by atoms with van der Waals surface area (Å²) in [6.07, 6.45) is 2.55. The minimum absolute atomic E-state index is 0.575. The van der Waals surface area contributed by atoms with Crippen LogP contribution in [0.3, 0.4) is 0 Å². The highest BCUT2D eigenvalue weighted by Crippen LogP contribution is 2.36. The van der Waals surface area contributed by atoms with Crippen molar-refractivity contribution < 1.29 is 4.74 Å². The standard InChI is InChI=1S/C22H30N2OS/c1-17(2)22-14-11-20(15-23-19-7-5-4-6-8-19)24(22)26-16-18-9-12-21(25-3)13-10-18/h4-10,12-13,17,20,22-23H,11,14-16H2,1-3H3/t20-,22+/m0/s1. The average molecular weight is 371 g/mol. The van der Waals surface area contributed by atoms with E-state index in [-0.39, 0.29) is 0 Å². The predicted molar refractivity (Wildman–Crippen MR) is 113 cm³/mol. The fourth-order valence-electron chi connectivity index (χ4n) is 3.57. The molecule has 1 heterocycles. The molecular weight excluding hydrogens is 340 g/mol. The molecule has 3 rings (SSSR count). The highest BCUT2D eigenvalue weighted by atomic mass is 32.2. The van der Waals surface area contributed by atoms with Gasteiger partial charge in [-0.3, -0.25) is 0 Å². The van der Waals surface area contributed by atoms with Gasteiger partial charge in [-0.1, -0.05) is 56.1 Å². The number of anilines is 1. The van der Waals surface area contributed by atoms with Gasteiger partial charge in [-0.15, -0.1) is 0 Å². The monoisotopic (exact) mass is 370 g/mol. The second-order valence-corrected chi connectivity index (χ2v) is 8.24. The molecule has 0 unspecified atom stereocenters. The lowest BCUT2D eigenvalue weighted by Crippen LogP contribution is -2.37. The molecule has 1 aliphatic heterocycles. The molecule has 1 saturated heterocycles. The third kappa shape index (κ3) is 4.95. The van der Waals surface area contributed by atoms with Crippen molar-refractivity contribution in [1.82, 2.24) is 4.31 Å². The van der Waals surface area contributed by atoms with Crippen LogP contribution in [-0.4, -0.2) is 30.0 Å². The molecule has 140 valence electrons. The van der Waals surface area contributed by atoms with E-state index in [0.29, 0.717) is 18.0 Å². The Morgan fingerprint density at radius 3 is 2.46 bits per heavy atom. The van der Waals surface area contributed by atoms with Crippen LogP contribution >= 0.6 is 11.9 Å². The van der Waals surface area contributed by atoms with Gasteiger partial charge in [0.1, 0.15) is 5.75 Å². The van der Waals surface area contributed by atoms with Gasteiger partial charge in [-0.05, 0) is 48.6 Å². The Morgan fingerprint density at radius 1 is 1.08 bits per heavy atom. The third-order valence-electron chi connectivity index (χ3n) is 5.11. The first-order valence-corrected chi connectivity index (χ1v) is 10.4. The van der Waals surface area contributed by atoms with E-state index in [1.807, 2.05) is 24.1 Å².